The molecule has 1 aliphatic heterocycles. The summed E-state index contributed by atoms with van der Waals surface area (Å²) in [6.07, 6.45) is 14.9. The molecule has 24 heavy (non-hydrogen) atoms. The fraction of sp³-hybridized carbons (Fsp3) is 0.800. The predicted molar refractivity (Wildman–Crippen MR) is 99.7 cm³/mol. The fourth-order valence-electron chi connectivity index (χ4n) is 2.93. The summed E-state index contributed by atoms with van der Waals surface area (Å²) in [5, 5.41) is 5.92. The van der Waals surface area contributed by atoms with Crippen molar-refractivity contribution >= 4 is 11.8 Å². The van der Waals surface area contributed by atoms with E-state index in [9.17, 15) is 9.59 Å². The topological polar surface area (TPSA) is 58.2 Å². The summed E-state index contributed by atoms with van der Waals surface area (Å²) in [4.78, 5) is 24.1. The van der Waals surface area contributed by atoms with Crippen molar-refractivity contribution < 1.29 is 9.59 Å². The monoisotopic (exact) mass is 336 g/mol. The van der Waals surface area contributed by atoms with Gasteiger partial charge >= 0.3 is 0 Å². The van der Waals surface area contributed by atoms with Gasteiger partial charge in [0.15, 0.2) is 0 Å². The number of hydrogen-bond donors (Lipinski definition) is 2. The Bertz CT molecular complexity index is 416. The van der Waals surface area contributed by atoms with Crippen molar-refractivity contribution in [2.75, 3.05) is 6.54 Å². The van der Waals surface area contributed by atoms with Crippen molar-refractivity contribution in [3.8, 4) is 0 Å². The number of carbonyl (C=O) groups is 2. The third kappa shape index (κ3) is 8.51. The van der Waals surface area contributed by atoms with Crippen LogP contribution < -0.4 is 10.6 Å². The zero-order valence-corrected chi connectivity index (χ0v) is 15.8. The molecule has 1 aliphatic rings. The van der Waals surface area contributed by atoms with Gasteiger partial charge < -0.3 is 10.6 Å². The maximum atomic E-state index is 12.5. The number of allylic oxidation sites excluding steroid dienone is 2. The quantitative estimate of drug-likeness (QED) is 0.466. The highest BCUT2D eigenvalue weighted by Crippen LogP contribution is 2.22. The van der Waals surface area contributed by atoms with Crippen molar-refractivity contribution in [2.24, 2.45) is 5.41 Å². The van der Waals surface area contributed by atoms with E-state index in [4.69, 9.17) is 0 Å². The molecule has 138 valence electrons. The first kappa shape index (κ1) is 20.7. The molecule has 1 saturated heterocycles. The summed E-state index contributed by atoms with van der Waals surface area (Å²) in [6, 6.07) is -0.0261. The van der Waals surface area contributed by atoms with Crippen LogP contribution in [0.15, 0.2) is 12.2 Å². The molecular formula is C20H36N2O2. The SMILES string of the molecule is CCCCCCCC=CCC(C)(C)C(=O)N[C@H]1CCCNC(=O)C1. The third-order valence-corrected chi connectivity index (χ3v) is 4.70. The van der Waals surface area contributed by atoms with Crippen LogP contribution in [0.1, 0.15) is 85.0 Å². The first-order valence-electron chi connectivity index (χ1n) is 9.68. The van der Waals surface area contributed by atoms with Gasteiger partial charge in [0.05, 0.1) is 0 Å². The molecule has 0 aromatic rings. The summed E-state index contributed by atoms with van der Waals surface area (Å²) in [5.41, 5.74) is -0.429. The first-order chi connectivity index (χ1) is 11.5. The summed E-state index contributed by atoms with van der Waals surface area (Å²) in [6.45, 7) is 6.90. The van der Waals surface area contributed by atoms with Crippen LogP contribution in [0.2, 0.25) is 0 Å². The predicted octanol–water partition coefficient (Wildman–Crippen LogP) is 4.10. The minimum Gasteiger partial charge on any atom is -0.356 e. The van der Waals surface area contributed by atoms with Crippen molar-refractivity contribution in [1.29, 1.82) is 0 Å². The van der Waals surface area contributed by atoms with Gasteiger partial charge in [-0.3, -0.25) is 9.59 Å². The molecule has 0 bridgehead atoms. The number of amides is 2. The van der Waals surface area contributed by atoms with Gasteiger partial charge in [-0.15, -0.1) is 0 Å². The van der Waals surface area contributed by atoms with Gasteiger partial charge in [-0.25, -0.2) is 0 Å². The smallest absolute Gasteiger partial charge is 0.226 e. The van der Waals surface area contributed by atoms with Crippen molar-refractivity contribution in [3.05, 3.63) is 12.2 Å². The molecule has 4 heteroatoms. The molecule has 2 N–H and O–H groups in total. The Hall–Kier alpha value is -1.32. The maximum Gasteiger partial charge on any atom is 0.226 e. The molecule has 4 nitrogen and oxygen atoms in total. The molecule has 0 spiro atoms. The van der Waals surface area contributed by atoms with Crippen molar-refractivity contribution in [2.45, 2.75) is 91.0 Å². The highest BCUT2D eigenvalue weighted by Gasteiger charge is 2.29. The second kappa shape index (κ2) is 11.3. The van der Waals surface area contributed by atoms with E-state index in [1.165, 1.54) is 32.1 Å². The number of rotatable bonds is 10. The lowest BCUT2D eigenvalue weighted by Gasteiger charge is -2.25. The Kier molecular flexibility index (Phi) is 9.73. The van der Waals surface area contributed by atoms with Gasteiger partial charge in [0.25, 0.3) is 0 Å². The van der Waals surface area contributed by atoms with Crippen LogP contribution >= 0.6 is 0 Å². The van der Waals surface area contributed by atoms with Crippen LogP contribution in [-0.4, -0.2) is 24.4 Å². The Balaban J connectivity index is 2.29. The lowest BCUT2D eigenvalue weighted by molar-refractivity contribution is -0.130. The van der Waals surface area contributed by atoms with Crippen LogP contribution in [0.5, 0.6) is 0 Å². The Morgan fingerprint density at radius 3 is 2.75 bits per heavy atom. The lowest BCUT2D eigenvalue weighted by atomic mass is 9.87. The van der Waals surface area contributed by atoms with Crippen LogP contribution in [0.25, 0.3) is 0 Å². The van der Waals surface area contributed by atoms with E-state index >= 15 is 0 Å². The number of carbonyl (C=O) groups excluding carboxylic acids is 2. The zero-order valence-electron chi connectivity index (χ0n) is 15.8. The zero-order chi connectivity index (χ0) is 17.8. The standard InChI is InChI=1S/C20H36N2O2/c1-4-5-6-7-8-9-10-11-14-20(2,3)19(24)22-17-13-12-15-21-18(23)16-17/h10-11,17H,4-9,12-16H2,1-3H3,(H,21,23)(H,22,24)/t17-/m0/s1. The van der Waals surface area contributed by atoms with Gasteiger partial charge in [0, 0.05) is 24.4 Å². The maximum absolute atomic E-state index is 12.5. The second-order valence-electron chi connectivity index (χ2n) is 7.63. The first-order valence-corrected chi connectivity index (χ1v) is 9.68. The van der Waals surface area contributed by atoms with Crippen molar-refractivity contribution in [1.82, 2.24) is 10.6 Å². The molecule has 1 rings (SSSR count). The fourth-order valence-corrected chi connectivity index (χ4v) is 2.93. The molecule has 1 heterocycles. The lowest BCUT2D eigenvalue weighted by Crippen LogP contribution is -2.43. The average Bonchev–Trinajstić information content (AvgIpc) is 2.74. The molecule has 0 aromatic heterocycles. The van der Waals surface area contributed by atoms with E-state index < -0.39 is 5.41 Å². The Morgan fingerprint density at radius 2 is 2.00 bits per heavy atom. The van der Waals surface area contributed by atoms with E-state index in [1.807, 2.05) is 13.8 Å². The molecule has 0 saturated carbocycles. The second-order valence-corrected chi connectivity index (χ2v) is 7.63. The van der Waals surface area contributed by atoms with Gasteiger partial charge in [0.1, 0.15) is 0 Å². The third-order valence-electron chi connectivity index (χ3n) is 4.70. The van der Waals surface area contributed by atoms with Crippen LogP contribution in [0.3, 0.4) is 0 Å². The van der Waals surface area contributed by atoms with E-state index in [1.54, 1.807) is 0 Å². The van der Waals surface area contributed by atoms with Crippen LogP contribution in [-0.2, 0) is 9.59 Å². The Labute approximate surface area is 147 Å². The van der Waals surface area contributed by atoms with Gasteiger partial charge in [-0.05, 0) is 32.1 Å². The number of hydrogen-bond acceptors (Lipinski definition) is 2. The largest absolute Gasteiger partial charge is 0.356 e. The van der Waals surface area contributed by atoms with E-state index in [0.29, 0.717) is 6.42 Å². The average molecular weight is 337 g/mol. The molecule has 0 aromatic carbocycles. The number of unbranched alkanes of at least 4 members (excludes halogenated alkanes) is 5. The molecule has 0 unspecified atom stereocenters. The van der Waals surface area contributed by atoms with Crippen molar-refractivity contribution in [3.63, 3.8) is 0 Å². The van der Waals surface area contributed by atoms with Gasteiger partial charge in [-0.2, -0.15) is 0 Å². The highest BCUT2D eigenvalue weighted by molar-refractivity contribution is 5.83. The van der Waals surface area contributed by atoms with E-state index in [0.717, 1.165) is 32.2 Å². The summed E-state index contributed by atoms with van der Waals surface area (Å²) < 4.78 is 0. The van der Waals surface area contributed by atoms with E-state index in [2.05, 4.69) is 29.7 Å². The molecule has 0 radical (unpaired) electrons. The molecule has 0 aliphatic carbocycles. The molecule has 1 atom stereocenters. The van der Waals surface area contributed by atoms with Crippen LogP contribution in [0, 0.1) is 5.41 Å². The highest BCUT2D eigenvalue weighted by atomic mass is 16.2. The van der Waals surface area contributed by atoms with E-state index in [-0.39, 0.29) is 17.9 Å². The molecular weight excluding hydrogens is 300 g/mol. The minimum atomic E-state index is -0.429. The van der Waals surface area contributed by atoms with Crippen LogP contribution in [0.4, 0.5) is 0 Å². The van der Waals surface area contributed by atoms with Gasteiger partial charge in [0.2, 0.25) is 11.8 Å². The summed E-state index contributed by atoms with van der Waals surface area (Å²) >= 11 is 0. The Morgan fingerprint density at radius 1 is 1.25 bits per heavy atom. The molecule has 1 fully saturated rings. The number of nitrogens with one attached hydrogen (secondary N) is 2. The summed E-state index contributed by atoms with van der Waals surface area (Å²) in [5.74, 6) is 0.0911. The van der Waals surface area contributed by atoms with Gasteiger partial charge in [-0.1, -0.05) is 58.6 Å². The minimum absolute atomic E-state index is 0.0261. The normalized spacial score (nSPS) is 19.1. The molecule has 2 amide bonds. The summed E-state index contributed by atoms with van der Waals surface area (Å²) in [7, 11) is 0.